The Balaban J connectivity index is 2.24. The molecule has 6 nitrogen and oxygen atoms in total. The zero-order chi connectivity index (χ0) is 12.3. The van der Waals surface area contributed by atoms with Crippen LogP contribution in [0.1, 0.15) is 10.4 Å². The molecule has 1 amide bonds. The molecule has 0 saturated heterocycles. The number of hydrazine groups is 1. The van der Waals surface area contributed by atoms with E-state index in [1.165, 1.54) is 0 Å². The summed E-state index contributed by atoms with van der Waals surface area (Å²) in [6, 6.07) is 5.00. The molecule has 0 unspecified atom stereocenters. The first kappa shape index (κ1) is 11.2. The highest BCUT2D eigenvalue weighted by Crippen LogP contribution is 2.10. The van der Waals surface area contributed by atoms with Crippen molar-refractivity contribution in [1.29, 1.82) is 0 Å². The summed E-state index contributed by atoms with van der Waals surface area (Å²) in [6.45, 7) is 0. The van der Waals surface area contributed by atoms with Crippen molar-refractivity contribution in [1.82, 2.24) is 20.8 Å². The van der Waals surface area contributed by atoms with E-state index in [-0.39, 0.29) is 11.0 Å². The molecule has 0 atom stereocenters. The molecular weight excluding hydrogens is 238 g/mol. The molecule has 1 aromatic heterocycles. The van der Waals surface area contributed by atoms with E-state index in [4.69, 9.17) is 5.73 Å². The Kier molecular flexibility index (Phi) is 3.10. The molecule has 1 aromatic carbocycles. The molecule has 86 valence electrons. The zero-order valence-corrected chi connectivity index (χ0v) is 9.49. The van der Waals surface area contributed by atoms with Gasteiger partial charge in [0.1, 0.15) is 0 Å². The van der Waals surface area contributed by atoms with Gasteiger partial charge >= 0.3 is 0 Å². The molecular formula is C10H9N5OS. The van der Waals surface area contributed by atoms with E-state index in [1.54, 1.807) is 30.6 Å². The number of nitrogens with two attached hydrogens (primary N) is 1. The van der Waals surface area contributed by atoms with Gasteiger partial charge in [0, 0.05) is 18.0 Å². The van der Waals surface area contributed by atoms with Crippen LogP contribution in [0.2, 0.25) is 0 Å². The van der Waals surface area contributed by atoms with Crippen molar-refractivity contribution in [3.05, 3.63) is 36.2 Å². The van der Waals surface area contributed by atoms with Crippen molar-refractivity contribution in [3.8, 4) is 0 Å². The first-order valence-electron chi connectivity index (χ1n) is 4.73. The van der Waals surface area contributed by atoms with E-state index in [9.17, 15) is 4.79 Å². The number of thiocarbonyl (C=S) groups is 1. The quantitative estimate of drug-likeness (QED) is 0.489. The summed E-state index contributed by atoms with van der Waals surface area (Å²) in [7, 11) is 0. The number of nitrogens with zero attached hydrogens (tertiary/aromatic N) is 2. The molecule has 0 bridgehead atoms. The van der Waals surface area contributed by atoms with Crippen molar-refractivity contribution in [2.45, 2.75) is 0 Å². The third kappa shape index (κ3) is 2.64. The molecule has 0 radical (unpaired) electrons. The Hall–Kier alpha value is -2.28. The minimum atomic E-state index is -0.342. The average Bonchev–Trinajstić information content (AvgIpc) is 2.35. The number of nitrogens with one attached hydrogen (secondary N) is 2. The third-order valence-corrected chi connectivity index (χ3v) is 2.13. The zero-order valence-electron chi connectivity index (χ0n) is 8.68. The minimum Gasteiger partial charge on any atom is -0.375 e. The van der Waals surface area contributed by atoms with E-state index in [0.29, 0.717) is 11.1 Å². The van der Waals surface area contributed by atoms with Gasteiger partial charge in [0.2, 0.25) is 0 Å². The van der Waals surface area contributed by atoms with Crippen molar-refractivity contribution < 1.29 is 4.79 Å². The van der Waals surface area contributed by atoms with Gasteiger partial charge < -0.3 is 5.73 Å². The SMILES string of the molecule is NC(=S)NNC(=O)c1ccc2nccnc2c1. The number of benzene rings is 1. The Morgan fingerprint density at radius 3 is 2.59 bits per heavy atom. The first-order valence-corrected chi connectivity index (χ1v) is 5.14. The van der Waals surface area contributed by atoms with Gasteiger partial charge in [-0.3, -0.25) is 25.6 Å². The number of hydrogen-bond acceptors (Lipinski definition) is 4. The molecule has 0 aliphatic rings. The van der Waals surface area contributed by atoms with Gasteiger partial charge in [-0.1, -0.05) is 0 Å². The van der Waals surface area contributed by atoms with Crippen LogP contribution in [0.5, 0.6) is 0 Å². The lowest BCUT2D eigenvalue weighted by Crippen LogP contribution is -2.44. The van der Waals surface area contributed by atoms with Crippen LogP contribution in [0.4, 0.5) is 0 Å². The van der Waals surface area contributed by atoms with E-state index in [1.807, 2.05) is 0 Å². The number of rotatable bonds is 1. The van der Waals surface area contributed by atoms with Crippen molar-refractivity contribution in [2.75, 3.05) is 0 Å². The Morgan fingerprint density at radius 1 is 1.18 bits per heavy atom. The number of aromatic nitrogens is 2. The second-order valence-electron chi connectivity index (χ2n) is 3.20. The predicted octanol–water partition coefficient (Wildman–Crippen LogP) is 0.108. The smallest absolute Gasteiger partial charge is 0.269 e. The number of carbonyl (C=O) groups is 1. The molecule has 1 heterocycles. The third-order valence-electron chi connectivity index (χ3n) is 2.03. The standard InChI is InChI=1S/C10H9N5OS/c11-10(17)15-14-9(16)6-1-2-7-8(5-6)13-4-3-12-7/h1-5H,(H,14,16)(H3,11,15,17). The number of carbonyl (C=O) groups excluding carboxylic acids is 1. The van der Waals surface area contributed by atoms with Gasteiger partial charge in [-0.2, -0.15) is 0 Å². The maximum absolute atomic E-state index is 11.7. The lowest BCUT2D eigenvalue weighted by atomic mass is 10.2. The normalized spacial score (nSPS) is 9.88. The second-order valence-corrected chi connectivity index (χ2v) is 3.64. The predicted molar refractivity (Wildman–Crippen MR) is 66.9 cm³/mol. The highest BCUT2D eigenvalue weighted by atomic mass is 32.1. The molecule has 7 heteroatoms. The Labute approximate surface area is 102 Å². The van der Waals surface area contributed by atoms with E-state index in [2.05, 4.69) is 33.0 Å². The summed E-state index contributed by atoms with van der Waals surface area (Å²) >= 11 is 4.57. The fourth-order valence-electron chi connectivity index (χ4n) is 1.30. The molecule has 0 saturated carbocycles. The van der Waals surface area contributed by atoms with Gasteiger partial charge in [0.25, 0.3) is 5.91 Å². The van der Waals surface area contributed by atoms with Crippen LogP contribution in [0.3, 0.4) is 0 Å². The Morgan fingerprint density at radius 2 is 1.88 bits per heavy atom. The average molecular weight is 247 g/mol. The molecule has 0 aliphatic carbocycles. The molecule has 0 fully saturated rings. The summed E-state index contributed by atoms with van der Waals surface area (Å²) in [5.74, 6) is -0.342. The lowest BCUT2D eigenvalue weighted by Gasteiger charge is -2.06. The topological polar surface area (TPSA) is 92.9 Å². The van der Waals surface area contributed by atoms with E-state index in [0.717, 1.165) is 5.52 Å². The molecule has 2 rings (SSSR count). The largest absolute Gasteiger partial charge is 0.375 e. The molecule has 0 aliphatic heterocycles. The molecule has 4 N–H and O–H groups in total. The fourth-order valence-corrected chi connectivity index (χ4v) is 1.35. The van der Waals surface area contributed by atoms with Crippen LogP contribution in [-0.4, -0.2) is 21.0 Å². The van der Waals surface area contributed by atoms with E-state index < -0.39 is 0 Å². The van der Waals surface area contributed by atoms with Gasteiger partial charge in [0.05, 0.1) is 11.0 Å². The summed E-state index contributed by atoms with van der Waals surface area (Å²) in [5.41, 5.74) is 11.7. The fraction of sp³-hybridized carbons (Fsp3) is 0. The van der Waals surface area contributed by atoms with Crippen molar-refractivity contribution >= 4 is 34.3 Å². The van der Waals surface area contributed by atoms with Gasteiger partial charge in [-0.05, 0) is 30.4 Å². The van der Waals surface area contributed by atoms with Crippen LogP contribution in [0, 0.1) is 0 Å². The Bertz CT molecular complexity index is 586. The van der Waals surface area contributed by atoms with Crippen molar-refractivity contribution in [2.24, 2.45) is 5.73 Å². The van der Waals surface area contributed by atoms with Gasteiger partial charge in [-0.15, -0.1) is 0 Å². The summed E-state index contributed by atoms with van der Waals surface area (Å²) < 4.78 is 0. The number of fused-ring (bicyclic) bond motifs is 1. The molecule has 2 aromatic rings. The highest BCUT2D eigenvalue weighted by molar-refractivity contribution is 7.80. The maximum Gasteiger partial charge on any atom is 0.269 e. The van der Waals surface area contributed by atoms with E-state index >= 15 is 0 Å². The summed E-state index contributed by atoms with van der Waals surface area (Å²) in [4.78, 5) is 19.9. The van der Waals surface area contributed by atoms with Gasteiger partial charge in [-0.25, -0.2) is 0 Å². The van der Waals surface area contributed by atoms with Crippen LogP contribution < -0.4 is 16.6 Å². The van der Waals surface area contributed by atoms with Gasteiger partial charge in [0.15, 0.2) is 5.11 Å². The lowest BCUT2D eigenvalue weighted by molar-refractivity contribution is 0.0944. The van der Waals surface area contributed by atoms with Crippen LogP contribution in [-0.2, 0) is 0 Å². The van der Waals surface area contributed by atoms with Crippen LogP contribution >= 0.6 is 12.2 Å². The number of hydrogen-bond donors (Lipinski definition) is 3. The van der Waals surface area contributed by atoms with Crippen molar-refractivity contribution in [3.63, 3.8) is 0 Å². The second kappa shape index (κ2) is 4.71. The molecule has 17 heavy (non-hydrogen) atoms. The maximum atomic E-state index is 11.7. The van der Waals surface area contributed by atoms with Crippen LogP contribution in [0.15, 0.2) is 30.6 Å². The molecule has 0 spiro atoms. The summed E-state index contributed by atoms with van der Waals surface area (Å²) in [6.07, 6.45) is 3.16. The first-order chi connectivity index (χ1) is 8.16. The minimum absolute atomic E-state index is 0.000990. The van der Waals surface area contributed by atoms with Crippen LogP contribution in [0.25, 0.3) is 11.0 Å². The monoisotopic (exact) mass is 247 g/mol. The summed E-state index contributed by atoms with van der Waals surface area (Å²) in [5, 5.41) is -0.000990. The highest BCUT2D eigenvalue weighted by Gasteiger charge is 2.06. The number of amides is 1.